The van der Waals surface area contributed by atoms with Crippen molar-refractivity contribution < 1.29 is 19.1 Å². The molecule has 8 heteroatoms. The highest BCUT2D eigenvalue weighted by Gasteiger charge is 2.37. The molecule has 0 spiro atoms. The number of nitrogens with one attached hydrogen (secondary N) is 1. The van der Waals surface area contributed by atoms with Gasteiger partial charge in [-0.25, -0.2) is 9.69 Å². The molecule has 0 unspecified atom stereocenters. The lowest BCUT2D eigenvalue weighted by Gasteiger charge is -2.27. The Kier molecular flexibility index (Phi) is 5.92. The normalized spacial score (nSPS) is 15.3. The number of ether oxygens (including phenoxy) is 1. The zero-order valence-corrected chi connectivity index (χ0v) is 16.7. The maximum atomic E-state index is 13.1. The first-order valence-corrected chi connectivity index (χ1v) is 9.11. The van der Waals surface area contributed by atoms with E-state index in [2.05, 4.69) is 11.2 Å². The molecule has 1 aliphatic rings. The summed E-state index contributed by atoms with van der Waals surface area (Å²) in [5.74, 6) is 1.04. The van der Waals surface area contributed by atoms with Crippen molar-refractivity contribution in [2.75, 3.05) is 11.5 Å². The van der Waals surface area contributed by atoms with Crippen LogP contribution in [0.3, 0.4) is 0 Å². The SMILES string of the molecule is C#CCOc1ccc(Cl)cc1/C=C1\C(=O)NC(=O)N(c2cc(Cl)ccc2C)C1=O. The van der Waals surface area contributed by atoms with Crippen molar-refractivity contribution in [1.29, 1.82) is 0 Å². The van der Waals surface area contributed by atoms with Crippen LogP contribution in [0, 0.1) is 19.3 Å². The molecule has 0 radical (unpaired) electrons. The van der Waals surface area contributed by atoms with Crippen molar-refractivity contribution in [2.24, 2.45) is 0 Å². The van der Waals surface area contributed by atoms with Crippen molar-refractivity contribution in [2.45, 2.75) is 6.92 Å². The van der Waals surface area contributed by atoms with E-state index in [0.29, 0.717) is 26.9 Å². The number of halogens is 2. The van der Waals surface area contributed by atoms with Gasteiger partial charge in [0.25, 0.3) is 11.8 Å². The molecule has 3 rings (SSSR count). The summed E-state index contributed by atoms with van der Waals surface area (Å²) >= 11 is 12.1. The second kappa shape index (κ2) is 8.39. The van der Waals surface area contributed by atoms with Crippen molar-refractivity contribution in [3.8, 4) is 18.1 Å². The van der Waals surface area contributed by atoms with Crippen molar-refractivity contribution in [3.05, 3.63) is 63.1 Å². The number of amides is 4. The molecule has 6 nitrogen and oxygen atoms in total. The van der Waals surface area contributed by atoms with Gasteiger partial charge in [0, 0.05) is 15.6 Å². The zero-order chi connectivity index (χ0) is 21.1. The molecule has 1 fully saturated rings. The molecule has 0 aliphatic carbocycles. The zero-order valence-electron chi connectivity index (χ0n) is 15.2. The molecular weight excluding hydrogens is 415 g/mol. The minimum absolute atomic E-state index is 0.00965. The van der Waals surface area contributed by atoms with Crippen molar-refractivity contribution in [1.82, 2.24) is 5.32 Å². The molecule has 4 amide bonds. The van der Waals surface area contributed by atoms with E-state index in [1.807, 2.05) is 0 Å². The number of hydrogen-bond donors (Lipinski definition) is 1. The number of benzene rings is 2. The highest BCUT2D eigenvalue weighted by molar-refractivity contribution is 6.40. The maximum Gasteiger partial charge on any atom is 0.335 e. The van der Waals surface area contributed by atoms with E-state index >= 15 is 0 Å². The lowest BCUT2D eigenvalue weighted by molar-refractivity contribution is -0.122. The number of carbonyl (C=O) groups is 3. The van der Waals surface area contributed by atoms with Crippen LogP contribution in [0.1, 0.15) is 11.1 Å². The molecule has 1 heterocycles. The summed E-state index contributed by atoms with van der Waals surface area (Å²) in [6.45, 7) is 1.71. The predicted molar refractivity (Wildman–Crippen MR) is 111 cm³/mol. The summed E-state index contributed by atoms with van der Waals surface area (Å²) in [4.78, 5) is 38.7. The second-order valence-electron chi connectivity index (χ2n) is 6.06. The van der Waals surface area contributed by atoms with E-state index in [1.165, 1.54) is 18.2 Å². The summed E-state index contributed by atoms with van der Waals surface area (Å²) in [6, 6.07) is 8.59. The third kappa shape index (κ3) is 4.27. The standard InChI is InChI=1S/C21H14Cl2N2O4/c1-3-8-29-18-7-6-14(22)9-13(18)10-16-19(26)24-21(28)25(20(16)27)17-11-15(23)5-4-12(17)2/h1,4-7,9-11H,8H2,2H3,(H,24,26,28)/b16-10+. The molecule has 1 N–H and O–H groups in total. The van der Waals surface area contributed by atoms with Gasteiger partial charge >= 0.3 is 6.03 Å². The smallest absolute Gasteiger partial charge is 0.335 e. The number of imide groups is 2. The van der Waals surface area contributed by atoms with E-state index in [1.54, 1.807) is 31.2 Å². The number of rotatable bonds is 4. The first-order valence-electron chi connectivity index (χ1n) is 8.35. The number of hydrogen-bond acceptors (Lipinski definition) is 4. The van der Waals surface area contributed by atoms with Gasteiger partial charge in [0.15, 0.2) is 0 Å². The molecular formula is C21H14Cl2N2O4. The number of nitrogens with zero attached hydrogens (tertiary/aromatic N) is 1. The van der Waals surface area contributed by atoms with Gasteiger partial charge in [0.05, 0.1) is 5.69 Å². The molecule has 0 aromatic heterocycles. The van der Waals surface area contributed by atoms with E-state index in [4.69, 9.17) is 34.4 Å². The number of barbiturate groups is 1. The fraction of sp³-hybridized carbons (Fsp3) is 0.0952. The Hall–Kier alpha value is -3.27. The Morgan fingerprint density at radius 1 is 1.14 bits per heavy atom. The molecule has 0 atom stereocenters. The third-order valence-corrected chi connectivity index (χ3v) is 4.57. The van der Waals surface area contributed by atoms with Crippen LogP contribution >= 0.6 is 23.2 Å². The molecule has 0 bridgehead atoms. The van der Waals surface area contributed by atoms with Crippen LogP contribution in [0.2, 0.25) is 10.0 Å². The molecule has 146 valence electrons. The molecule has 1 aliphatic heterocycles. The third-order valence-electron chi connectivity index (χ3n) is 4.10. The van der Waals surface area contributed by atoms with Crippen LogP contribution in [-0.4, -0.2) is 24.5 Å². The predicted octanol–water partition coefficient (Wildman–Crippen LogP) is 3.98. The van der Waals surface area contributed by atoms with Gasteiger partial charge in [0.2, 0.25) is 0 Å². The highest BCUT2D eigenvalue weighted by atomic mass is 35.5. The van der Waals surface area contributed by atoms with Gasteiger partial charge in [-0.15, -0.1) is 6.42 Å². The largest absolute Gasteiger partial charge is 0.480 e. The molecule has 29 heavy (non-hydrogen) atoms. The van der Waals surface area contributed by atoms with Crippen LogP contribution in [0.15, 0.2) is 42.0 Å². The van der Waals surface area contributed by atoms with Crippen LogP contribution < -0.4 is 15.0 Å². The quantitative estimate of drug-likeness (QED) is 0.453. The molecule has 0 saturated carbocycles. The summed E-state index contributed by atoms with van der Waals surface area (Å²) < 4.78 is 5.44. The molecule has 2 aromatic carbocycles. The average Bonchev–Trinajstić information content (AvgIpc) is 2.67. The molecule has 1 saturated heterocycles. The van der Waals surface area contributed by atoms with Gasteiger partial charge in [-0.3, -0.25) is 14.9 Å². The summed E-state index contributed by atoms with van der Waals surface area (Å²) in [6.07, 6.45) is 6.52. The summed E-state index contributed by atoms with van der Waals surface area (Å²) in [7, 11) is 0. The number of urea groups is 1. The second-order valence-corrected chi connectivity index (χ2v) is 6.94. The lowest BCUT2D eigenvalue weighted by atomic mass is 10.0. The lowest BCUT2D eigenvalue weighted by Crippen LogP contribution is -2.54. The number of carbonyl (C=O) groups excluding carboxylic acids is 3. The van der Waals surface area contributed by atoms with E-state index < -0.39 is 17.8 Å². The minimum atomic E-state index is -0.864. The van der Waals surface area contributed by atoms with Crippen LogP contribution in [0.5, 0.6) is 5.75 Å². The Labute approximate surface area is 177 Å². The maximum absolute atomic E-state index is 13.1. The first-order chi connectivity index (χ1) is 13.8. The van der Waals surface area contributed by atoms with Gasteiger partial charge in [0.1, 0.15) is 17.9 Å². The number of terminal acetylenes is 1. The van der Waals surface area contributed by atoms with Gasteiger partial charge in [-0.05, 0) is 48.9 Å². The summed E-state index contributed by atoms with van der Waals surface area (Å²) in [5.41, 5.74) is 1.00. The van der Waals surface area contributed by atoms with Crippen LogP contribution in [-0.2, 0) is 9.59 Å². The Bertz CT molecular complexity index is 1100. The number of aryl methyl sites for hydroxylation is 1. The van der Waals surface area contributed by atoms with Gasteiger partial charge < -0.3 is 4.74 Å². The average molecular weight is 429 g/mol. The van der Waals surface area contributed by atoms with Crippen molar-refractivity contribution >= 4 is 52.8 Å². The van der Waals surface area contributed by atoms with Crippen molar-refractivity contribution in [3.63, 3.8) is 0 Å². The topological polar surface area (TPSA) is 75.7 Å². The van der Waals surface area contributed by atoms with E-state index in [-0.39, 0.29) is 17.9 Å². The summed E-state index contributed by atoms with van der Waals surface area (Å²) in [5, 5.41) is 2.87. The highest BCUT2D eigenvalue weighted by Crippen LogP contribution is 2.30. The monoisotopic (exact) mass is 428 g/mol. The van der Waals surface area contributed by atoms with Crippen LogP contribution in [0.25, 0.3) is 6.08 Å². The van der Waals surface area contributed by atoms with E-state index in [9.17, 15) is 14.4 Å². The van der Waals surface area contributed by atoms with E-state index in [0.717, 1.165) is 4.90 Å². The molecule has 2 aromatic rings. The van der Waals surface area contributed by atoms with Gasteiger partial charge in [-0.2, -0.15) is 0 Å². The minimum Gasteiger partial charge on any atom is -0.480 e. The fourth-order valence-electron chi connectivity index (χ4n) is 2.74. The Morgan fingerprint density at radius 3 is 2.55 bits per heavy atom. The Morgan fingerprint density at radius 2 is 1.83 bits per heavy atom. The Balaban J connectivity index is 2.08. The van der Waals surface area contributed by atoms with Crippen LogP contribution in [0.4, 0.5) is 10.5 Å². The first kappa shape index (κ1) is 20.5. The fourth-order valence-corrected chi connectivity index (χ4v) is 3.09. The van der Waals surface area contributed by atoms with Gasteiger partial charge in [-0.1, -0.05) is 35.2 Å². The number of anilines is 1.